The van der Waals surface area contributed by atoms with Crippen molar-refractivity contribution in [2.24, 2.45) is 5.92 Å². The van der Waals surface area contributed by atoms with E-state index in [4.69, 9.17) is 4.74 Å². The Hall–Kier alpha value is -4.91. The van der Waals surface area contributed by atoms with E-state index in [1.54, 1.807) is 44.2 Å². The van der Waals surface area contributed by atoms with Gasteiger partial charge < -0.3 is 51.0 Å². The zero-order chi connectivity index (χ0) is 38.7. The molecule has 7 atom stereocenters. The number of methoxy groups -OCH3 is 2. The lowest BCUT2D eigenvalue weighted by atomic mass is 9.97. The molecule has 51 heavy (non-hydrogen) atoms. The first-order chi connectivity index (χ1) is 24.1. The van der Waals surface area contributed by atoms with Gasteiger partial charge >= 0.3 is 24.0 Å². The van der Waals surface area contributed by atoms with Crippen LogP contribution >= 0.6 is 12.6 Å². The molecule has 0 radical (unpaired) electrons. The summed E-state index contributed by atoms with van der Waals surface area (Å²) < 4.78 is 14.4. The number of alkyl carbamates (subject to hydrolysis) is 1. The molecule has 5 amide bonds. The zero-order valence-corrected chi connectivity index (χ0v) is 29.9. The third-order valence-electron chi connectivity index (χ3n) is 7.57. The lowest BCUT2D eigenvalue weighted by Gasteiger charge is -2.28. The number of carboxylic acids is 1. The molecule has 7 unspecified atom stereocenters. The fraction of sp³-hybridized carbons (Fsp3) is 0.562. The number of aliphatic hydroxyl groups excluding tert-OH is 1. The van der Waals surface area contributed by atoms with Crippen LogP contribution in [0.15, 0.2) is 30.3 Å². The van der Waals surface area contributed by atoms with E-state index < -0.39 is 96.3 Å². The molecule has 0 fully saturated rings. The summed E-state index contributed by atoms with van der Waals surface area (Å²) in [6.07, 6.45) is -3.55. The van der Waals surface area contributed by atoms with Crippen molar-refractivity contribution in [3.05, 3.63) is 35.9 Å². The molecule has 0 aromatic heterocycles. The van der Waals surface area contributed by atoms with E-state index in [1.165, 1.54) is 0 Å². The molecule has 284 valence electrons. The van der Waals surface area contributed by atoms with Crippen LogP contribution < -0.4 is 26.6 Å². The Morgan fingerprint density at radius 3 is 1.82 bits per heavy atom. The smallest absolute Gasteiger partial charge is 0.408 e. The third kappa shape index (κ3) is 15.7. The van der Waals surface area contributed by atoms with Crippen LogP contribution in [0.3, 0.4) is 0 Å². The van der Waals surface area contributed by atoms with Crippen molar-refractivity contribution in [2.75, 3.05) is 20.0 Å². The van der Waals surface area contributed by atoms with Crippen molar-refractivity contribution >= 4 is 60.3 Å². The molecular formula is C32H47N5O13S. The van der Waals surface area contributed by atoms with Gasteiger partial charge in [-0.15, -0.1) is 0 Å². The fourth-order valence-corrected chi connectivity index (χ4v) is 4.57. The van der Waals surface area contributed by atoms with Crippen molar-refractivity contribution in [3.8, 4) is 0 Å². The number of nitrogens with one attached hydrogen (secondary N) is 5. The quantitative estimate of drug-likeness (QED) is 0.0436. The number of thiol groups is 1. The van der Waals surface area contributed by atoms with Gasteiger partial charge in [-0.25, -0.2) is 9.59 Å². The van der Waals surface area contributed by atoms with Crippen LogP contribution in [0.4, 0.5) is 4.79 Å². The van der Waals surface area contributed by atoms with Gasteiger partial charge in [0.05, 0.1) is 26.7 Å². The van der Waals surface area contributed by atoms with Crippen LogP contribution in [0.2, 0.25) is 0 Å². The summed E-state index contributed by atoms with van der Waals surface area (Å²) in [5.41, 5.74) is 0.702. The van der Waals surface area contributed by atoms with Gasteiger partial charge in [0.25, 0.3) is 0 Å². The average molecular weight is 742 g/mol. The van der Waals surface area contributed by atoms with Gasteiger partial charge in [0, 0.05) is 12.2 Å². The maximum absolute atomic E-state index is 13.5. The zero-order valence-electron chi connectivity index (χ0n) is 29.0. The lowest BCUT2D eigenvalue weighted by molar-refractivity contribution is -0.145. The second-order valence-electron chi connectivity index (χ2n) is 11.4. The number of esters is 2. The largest absolute Gasteiger partial charge is 0.480 e. The van der Waals surface area contributed by atoms with E-state index in [2.05, 4.69) is 48.7 Å². The second-order valence-corrected chi connectivity index (χ2v) is 11.8. The minimum absolute atomic E-state index is 0.0774. The Balaban J connectivity index is 3.23. The van der Waals surface area contributed by atoms with Gasteiger partial charge in [-0.05, 0) is 24.8 Å². The number of hydrogen-bond donors (Lipinski definition) is 8. The third-order valence-corrected chi connectivity index (χ3v) is 7.94. The molecule has 0 aliphatic rings. The average Bonchev–Trinajstić information content (AvgIpc) is 3.11. The molecule has 0 aliphatic heterocycles. The summed E-state index contributed by atoms with van der Waals surface area (Å²) in [6.45, 7) is 4.50. The number of rotatable bonds is 21. The van der Waals surface area contributed by atoms with Crippen molar-refractivity contribution in [1.29, 1.82) is 0 Å². The molecule has 0 heterocycles. The van der Waals surface area contributed by atoms with E-state index in [9.17, 15) is 48.6 Å². The van der Waals surface area contributed by atoms with Crippen LogP contribution in [0.25, 0.3) is 0 Å². The summed E-state index contributed by atoms with van der Waals surface area (Å²) in [5.74, 6) is -8.04. The number of aliphatic carboxylic acids is 1. The minimum Gasteiger partial charge on any atom is -0.480 e. The second kappa shape index (κ2) is 22.7. The maximum atomic E-state index is 13.5. The Bertz CT molecular complexity index is 1360. The van der Waals surface area contributed by atoms with E-state index >= 15 is 0 Å². The number of benzene rings is 1. The number of aliphatic hydroxyl groups is 1. The van der Waals surface area contributed by atoms with E-state index in [-0.39, 0.29) is 25.2 Å². The minimum atomic E-state index is -1.79. The molecule has 19 heteroatoms. The van der Waals surface area contributed by atoms with Crippen LogP contribution in [0.5, 0.6) is 0 Å². The fourth-order valence-electron chi connectivity index (χ4n) is 4.33. The maximum Gasteiger partial charge on any atom is 0.408 e. The molecule has 1 rings (SSSR count). The predicted octanol–water partition coefficient (Wildman–Crippen LogP) is -0.822. The molecule has 7 N–H and O–H groups in total. The normalized spacial score (nSPS) is 14.8. The summed E-state index contributed by atoms with van der Waals surface area (Å²) in [7, 11) is 2.13. The van der Waals surface area contributed by atoms with Gasteiger partial charge in [-0.3, -0.25) is 28.8 Å². The summed E-state index contributed by atoms with van der Waals surface area (Å²) in [5, 5.41) is 31.3. The number of hydrogen-bond acceptors (Lipinski definition) is 13. The molecule has 18 nitrogen and oxygen atoms in total. The first-order valence-corrected chi connectivity index (χ1v) is 16.6. The Kier molecular flexibility index (Phi) is 19.7. The number of carbonyl (C=O) groups is 8. The summed E-state index contributed by atoms with van der Waals surface area (Å²) in [6, 6.07) is 1.10. The van der Waals surface area contributed by atoms with Gasteiger partial charge in [0.2, 0.25) is 23.6 Å². The lowest BCUT2D eigenvalue weighted by Crippen LogP contribution is -2.61. The Morgan fingerprint density at radius 1 is 0.745 bits per heavy atom. The first-order valence-electron chi connectivity index (χ1n) is 15.9. The SMILES string of the molecule is CCC(C)C(NC(=O)OCc1ccccc1)C(=O)NC(CCC(=O)OC)C(=O)NC(C(=O)NC(CC(=O)OC)C(=O)NC(CS)C(=O)O)C(C)O. The molecule has 0 spiro atoms. The number of amides is 5. The summed E-state index contributed by atoms with van der Waals surface area (Å²) >= 11 is 3.86. The van der Waals surface area contributed by atoms with Gasteiger partial charge in [0.15, 0.2) is 0 Å². The Labute approximate surface area is 300 Å². The van der Waals surface area contributed by atoms with Crippen molar-refractivity contribution in [1.82, 2.24) is 26.6 Å². The molecule has 0 saturated heterocycles. The number of carboxylic acid groups (broad SMARTS) is 1. The van der Waals surface area contributed by atoms with Crippen molar-refractivity contribution in [3.63, 3.8) is 0 Å². The van der Waals surface area contributed by atoms with Gasteiger partial charge in [0.1, 0.15) is 36.8 Å². The molecule has 1 aromatic carbocycles. The Morgan fingerprint density at radius 2 is 1.29 bits per heavy atom. The van der Waals surface area contributed by atoms with Crippen molar-refractivity contribution < 1.29 is 62.8 Å². The predicted molar refractivity (Wildman–Crippen MR) is 182 cm³/mol. The van der Waals surface area contributed by atoms with E-state index in [0.717, 1.165) is 21.1 Å². The topological polar surface area (TPSA) is 265 Å². The number of carbonyl (C=O) groups excluding carboxylic acids is 7. The molecule has 1 aromatic rings. The molecular weight excluding hydrogens is 694 g/mol. The number of ether oxygens (including phenoxy) is 3. The van der Waals surface area contributed by atoms with Crippen LogP contribution in [-0.4, -0.2) is 114 Å². The van der Waals surface area contributed by atoms with Gasteiger partial charge in [-0.2, -0.15) is 12.6 Å². The molecule has 0 aliphatic carbocycles. The highest BCUT2D eigenvalue weighted by Gasteiger charge is 2.36. The van der Waals surface area contributed by atoms with Crippen LogP contribution in [-0.2, 0) is 54.4 Å². The summed E-state index contributed by atoms with van der Waals surface area (Å²) in [4.78, 5) is 101. The van der Waals surface area contributed by atoms with E-state index in [0.29, 0.717) is 12.0 Å². The highest BCUT2D eigenvalue weighted by atomic mass is 32.1. The monoisotopic (exact) mass is 741 g/mol. The first kappa shape index (κ1) is 44.1. The highest BCUT2D eigenvalue weighted by molar-refractivity contribution is 7.80. The van der Waals surface area contributed by atoms with E-state index in [1.807, 2.05) is 0 Å². The van der Waals surface area contributed by atoms with Crippen LogP contribution in [0, 0.1) is 5.92 Å². The van der Waals surface area contributed by atoms with Crippen molar-refractivity contribution in [2.45, 2.75) is 89.4 Å². The standard InChI is InChI=1S/C32H47N5O13S/c1-6-17(2)25(37-32(47)50-15-19-10-8-7-9-11-19)29(43)33-20(12-13-23(39)48-4)27(41)36-26(18(3)38)30(44)34-21(14-24(40)49-5)28(42)35-22(16-51)31(45)46/h7-11,17-18,20-22,25-26,38,51H,6,12-16H2,1-5H3,(H,33,43)(H,34,44)(H,35,42)(H,36,41)(H,37,47)(H,45,46). The van der Waals surface area contributed by atoms with Gasteiger partial charge in [-0.1, -0.05) is 50.6 Å². The highest BCUT2D eigenvalue weighted by Crippen LogP contribution is 2.11. The molecule has 0 bridgehead atoms. The molecule has 0 saturated carbocycles. The van der Waals surface area contributed by atoms with Crippen LogP contribution in [0.1, 0.15) is 52.0 Å².